The fourth-order valence-electron chi connectivity index (χ4n) is 4.29. The van der Waals surface area contributed by atoms with E-state index in [1.165, 1.54) is 6.33 Å². The van der Waals surface area contributed by atoms with Gasteiger partial charge in [-0.2, -0.15) is 0 Å². The van der Waals surface area contributed by atoms with Crippen molar-refractivity contribution in [3.8, 4) is 11.4 Å². The maximum absolute atomic E-state index is 13.5. The van der Waals surface area contributed by atoms with Gasteiger partial charge in [-0.15, -0.1) is 0 Å². The van der Waals surface area contributed by atoms with Crippen LogP contribution in [0, 0.1) is 6.92 Å². The molecule has 4 heterocycles. The molecule has 182 valence electrons. The summed E-state index contributed by atoms with van der Waals surface area (Å²) in [5.74, 6) is 1.48. The van der Waals surface area contributed by atoms with Gasteiger partial charge in [-0.05, 0) is 41.5 Å². The summed E-state index contributed by atoms with van der Waals surface area (Å²) in [6.07, 6.45) is 4.71. The lowest BCUT2D eigenvalue weighted by molar-refractivity contribution is -0.148. The number of rotatable bonds is 6. The van der Waals surface area contributed by atoms with Gasteiger partial charge in [-0.1, -0.05) is 0 Å². The van der Waals surface area contributed by atoms with Crippen molar-refractivity contribution in [2.24, 2.45) is 0 Å². The summed E-state index contributed by atoms with van der Waals surface area (Å²) in [6.45, 7) is 12.4. The Kier molecular flexibility index (Phi) is 6.50. The van der Waals surface area contributed by atoms with Gasteiger partial charge in [0.15, 0.2) is 17.0 Å². The number of aryl methyl sites for hydroxylation is 2. The fraction of sp³-hybridized carbons (Fsp3) is 0.565. The summed E-state index contributed by atoms with van der Waals surface area (Å²) < 4.78 is 7.71. The number of fused-ring (bicyclic) bond motifs is 1. The quantitative estimate of drug-likeness (QED) is 0.556. The Bertz CT molecular complexity index is 1160. The molecule has 1 saturated heterocycles. The third-order valence-electron chi connectivity index (χ3n) is 5.85. The van der Waals surface area contributed by atoms with E-state index in [1.807, 2.05) is 32.3 Å². The van der Waals surface area contributed by atoms with Crippen LogP contribution in [-0.4, -0.2) is 82.3 Å². The smallest absolute Gasteiger partial charge is 0.248 e. The molecule has 0 bridgehead atoms. The average Bonchev–Trinajstić information content (AvgIpc) is 3.15. The van der Waals surface area contributed by atoms with Crippen LogP contribution >= 0.6 is 0 Å². The van der Waals surface area contributed by atoms with Crippen molar-refractivity contribution in [3.05, 3.63) is 24.5 Å². The number of anilines is 1. The molecule has 0 spiro atoms. The molecule has 11 heteroatoms. The molecule has 3 aromatic heterocycles. The van der Waals surface area contributed by atoms with Crippen molar-refractivity contribution in [1.82, 2.24) is 34.4 Å². The van der Waals surface area contributed by atoms with E-state index in [9.17, 15) is 9.90 Å². The van der Waals surface area contributed by atoms with Gasteiger partial charge in [0, 0.05) is 32.0 Å². The van der Waals surface area contributed by atoms with E-state index in [4.69, 9.17) is 9.72 Å². The summed E-state index contributed by atoms with van der Waals surface area (Å²) in [5, 5.41) is 14.1. The number of carbonyl (C=O) groups is 1. The van der Waals surface area contributed by atoms with E-state index in [-0.39, 0.29) is 18.1 Å². The summed E-state index contributed by atoms with van der Waals surface area (Å²) in [6, 6.07) is -0.943. The Morgan fingerprint density at radius 2 is 1.85 bits per heavy atom. The molecule has 1 amide bonds. The first-order valence-electron chi connectivity index (χ1n) is 11.5. The minimum atomic E-state index is -1.36. The highest BCUT2D eigenvalue weighted by Gasteiger charge is 2.39. The second-order valence-electron chi connectivity index (χ2n) is 9.32. The number of nitrogens with zero attached hydrogens (tertiary/aromatic N) is 7. The number of ether oxygens (including phenoxy) is 1. The van der Waals surface area contributed by atoms with Crippen molar-refractivity contribution in [3.63, 3.8) is 0 Å². The molecule has 0 saturated carbocycles. The number of aromatic nitrogens is 6. The Balaban J connectivity index is 1.73. The zero-order valence-electron chi connectivity index (χ0n) is 20.5. The lowest BCUT2D eigenvalue weighted by Crippen LogP contribution is -2.58. The molecule has 2 unspecified atom stereocenters. The molecule has 1 aliphatic heterocycles. The summed E-state index contributed by atoms with van der Waals surface area (Å²) >= 11 is 0. The molecule has 3 aromatic rings. The van der Waals surface area contributed by atoms with Crippen molar-refractivity contribution in [1.29, 1.82) is 0 Å². The Morgan fingerprint density at radius 1 is 1.21 bits per heavy atom. The van der Waals surface area contributed by atoms with Crippen molar-refractivity contribution in [2.75, 3.05) is 18.4 Å². The molecule has 1 fully saturated rings. The van der Waals surface area contributed by atoms with E-state index >= 15 is 0 Å². The number of hydrogen-bond acceptors (Lipinski definition) is 9. The van der Waals surface area contributed by atoms with Gasteiger partial charge in [0.2, 0.25) is 5.91 Å². The highest BCUT2D eigenvalue weighted by Crippen LogP contribution is 2.28. The summed E-state index contributed by atoms with van der Waals surface area (Å²) in [4.78, 5) is 37.4. The lowest BCUT2D eigenvalue weighted by Gasteiger charge is -2.39. The minimum absolute atomic E-state index is 0.0829. The number of aliphatic hydroxyl groups is 1. The summed E-state index contributed by atoms with van der Waals surface area (Å²) in [5.41, 5.74) is 0.514. The van der Waals surface area contributed by atoms with E-state index in [0.29, 0.717) is 48.3 Å². The fourth-order valence-corrected chi connectivity index (χ4v) is 4.29. The van der Waals surface area contributed by atoms with Crippen molar-refractivity contribution >= 4 is 22.9 Å². The molecule has 0 radical (unpaired) electrons. The van der Waals surface area contributed by atoms with E-state index in [0.717, 1.165) is 5.56 Å². The average molecular weight is 469 g/mol. The second kappa shape index (κ2) is 9.22. The maximum Gasteiger partial charge on any atom is 0.248 e. The number of nitrogens with one attached hydrogen (secondary N) is 1. The Morgan fingerprint density at radius 3 is 2.44 bits per heavy atom. The third-order valence-corrected chi connectivity index (χ3v) is 5.85. The van der Waals surface area contributed by atoms with Crippen LogP contribution < -0.4 is 5.32 Å². The van der Waals surface area contributed by atoms with Gasteiger partial charge < -0.3 is 24.6 Å². The van der Waals surface area contributed by atoms with E-state index < -0.39 is 11.6 Å². The molecule has 34 heavy (non-hydrogen) atoms. The molecule has 1 aliphatic rings. The molecule has 3 atom stereocenters. The van der Waals surface area contributed by atoms with Crippen LogP contribution in [0.1, 0.15) is 40.4 Å². The number of morpholine rings is 1. The SMILES string of the molecule is CCn1c(-c2cnc(C)nc2)nc2c(N[C@H](C(=O)N3CC(C)OC(C)C3)C(C)(C)O)ncnc21. The Hall–Kier alpha value is -3.18. The third kappa shape index (κ3) is 4.71. The number of hydrogen-bond donors (Lipinski definition) is 2. The normalized spacial score (nSPS) is 19.9. The lowest BCUT2D eigenvalue weighted by atomic mass is 9.96. The van der Waals surface area contributed by atoms with Gasteiger partial charge in [-0.3, -0.25) is 4.79 Å². The van der Waals surface area contributed by atoms with Crippen LogP contribution in [0.3, 0.4) is 0 Å². The van der Waals surface area contributed by atoms with Crippen molar-refractivity contribution < 1.29 is 14.6 Å². The standard InChI is InChI=1S/C23H32N8O3/c1-7-31-20(16-8-24-15(4)25-9-16)28-17-19(26-12-27-21(17)31)29-18(23(5,6)33)22(32)30-10-13(2)34-14(3)11-30/h8-9,12-14,18,33H,7,10-11H2,1-6H3,(H,26,27,29)/t13?,14?,18-/m1/s1. The van der Waals surface area contributed by atoms with Crippen LogP contribution in [0.2, 0.25) is 0 Å². The highest BCUT2D eigenvalue weighted by molar-refractivity contribution is 5.91. The minimum Gasteiger partial charge on any atom is -0.388 e. The predicted octanol–water partition coefficient (Wildman–Crippen LogP) is 1.80. The van der Waals surface area contributed by atoms with Gasteiger partial charge in [0.25, 0.3) is 0 Å². The van der Waals surface area contributed by atoms with Crippen LogP contribution in [0.4, 0.5) is 5.82 Å². The highest BCUT2D eigenvalue weighted by atomic mass is 16.5. The van der Waals surface area contributed by atoms with Gasteiger partial charge in [0.1, 0.15) is 24.0 Å². The maximum atomic E-state index is 13.5. The first-order valence-corrected chi connectivity index (χ1v) is 11.5. The summed E-state index contributed by atoms with van der Waals surface area (Å²) in [7, 11) is 0. The number of carbonyl (C=O) groups excluding carboxylic acids is 1. The zero-order valence-corrected chi connectivity index (χ0v) is 20.5. The predicted molar refractivity (Wildman–Crippen MR) is 127 cm³/mol. The van der Waals surface area contributed by atoms with Crippen LogP contribution in [0.25, 0.3) is 22.6 Å². The van der Waals surface area contributed by atoms with Crippen LogP contribution in [0.15, 0.2) is 18.7 Å². The molecule has 0 aromatic carbocycles. The van der Waals surface area contributed by atoms with Gasteiger partial charge >= 0.3 is 0 Å². The second-order valence-corrected chi connectivity index (χ2v) is 9.32. The Labute approximate surface area is 198 Å². The topological polar surface area (TPSA) is 131 Å². The molecular weight excluding hydrogens is 436 g/mol. The van der Waals surface area contributed by atoms with Crippen molar-refractivity contribution in [2.45, 2.75) is 71.9 Å². The molecule has 11 nitrogen and oxygen atoms in total. The zero-order chi connectivity index (χ0) is 24.6. The molecule has 0 aliphatic carbocycles. The largest absolute Gasteiger partial charge is 0.388 e. The van der Waals surface area contributed by atoms with E-state index in [1.54, 1.807) is 31.1 Å². The number of amides is 1. The van der Waals surface area contributed by atoms with E-state index in [2.05, 4.69) is 25.3 Å². The van der Waals surface area contributed by atoms with Crippen LogP contribution in [0.5, 0.6) is 0 Å². The molecule has 2 N–H and O–H groups in total. The first-order chi connectivity index (χ1) is 16.1. The molecular formula is C23H32N8O3. The van der Waals surface area contributed by atoms with Gasteiger partial charge in [-0.25, -0.2) is 24.9 Å². The van der Waals surface area contributed by atoms with Crippen LogP contribution in [-0.2, 0) is 16.1 Å². The molecule has 4 rings (SSSR count). The monoisotopic (exact) mass is 468 g/mol. The first kappa shape index (κ1) is 24.0. The number of imidazole rings is 1. The van der Waals surface area contributed by atoms with Gasteiger partial charge in [0.05, 0.1) is 23.4 Å².